The maximum Gasteiger partial charge on any atom is 0.692 e. The van der Waals surface area contributed by atoms with Crippen molar-refractivity contribution in [1.82, 2.24) is 20.1 Å². The van der Waals surface area contributed by atoms with Gasteiger partial charge in [0.25, 0.3) is 0 Å². The molecule has 0 bridgehead atoms. The number of alkyl carbamates (subject to hydrolysis) is 1. The van der Waals surface area contributed by atoms with E-state index in [0.717, 1.165) is 16.7 Å². The number of nitrogens with one attached hydrogen (secondary N) is 1. The monoisotopic (exact) mass is 565 g/mol. The van der Waals surface area contributed by atoms with Crippen LogP contribution in [0.5, 0.6) is 0 Å². The number of benzene rings is 3. The number of carbonyl (C=O) groups excluding carboxylic acids is 1. The SMILES string of the molecule is CC(O)C(NC(=O)OC(C)(C)C)c1ncn(C(c2ccccc2)(c2ccccc2)c2ccccc2)n1.O=[P+](O)O. The summed E-state index contributed by atoms with van der Waals surface area (Å²) in [6.45, 7) is 6.93. The van der Waals surface area contributed by atoms with Crippen LogP contribution in [0.15, 0.2) is 97.3 Å². The van der Waals surface area contributed by atoms with Gasteiger partial charge in [0.2, 0.25) is 0 Å². The quantitative estimate of drug-likeness (QED) is 0.186. The topological polar surface area (TPSA) is 147 Å². The van der Waals surface area contributed by atoms with Crippen LogP contribution in [0.4, 0.5) is 4.79 Å². The number of aromatic nitrogens is 3. The zero-order chi connectivity index (χ0) is 29.3. The smallest absolute Gasteiger partial charge is 0.444 e. The molecule has 10 nitrogen and oxygen atoms in total. The molecular formula is C29H34N4O6P+. The van der Waals surface area contributed by atoms with Gasteiger partial charge in [-0.2, -0.15) is 5.10 Å². The highest BCUT2D eigenvalue weighted by molar-refractivity contribution is 7.30. The predicted octanol–water partition coefficient (Wildman–Crippen LogP) is 4.69. The van der Waals surface area contributed by atoms with Gasteiger partial charge in [-0.05, 0) is 44.4 Å². The number of ether oxygens (including phenoxy) is 1. The summed E-state index contributed by atoms with van der Waals surface area (Å²) in [7, 11) is -2.87. The lowest BCUT2D eigenvalue weighted by molar-refractivity contribution is 0.0429. The highest BCUT2D eigenvalue weighted by atomic mass is 31.1. The number of carbonyl (C=O) groups is 1. The fourth-order valence-corrected chi connectivity index (χ4v) is 4.35. The second-order valence-electron chi connectivity index (χ2n) is 9.97. The fraction of sp³-hybridized carbons (Fsp3) is 0.276. The van der Waals surface area contributed by atoms with Gasteiger partial charge in [0.15, 0.2) is 5.82 Å². The lowest BCUT2D eigenvalue weighted by atomic mass is 9.77. The summed E-state index contributed by atoms with van der Waals surface area (Å²) in [5.74, 6) is 0.281. The van der Waals surface area contributed by atoms with Gasteiger partial charge in [0, 0.05) is 4.57 Å². The molecule has 2 unspecified atom stereocenters. The molecule has 1 amide bonds. The van der Waals surface area contributed by atoms with Crippen molar-refractivity contribution in [3.63, 3.8) is 0 Å². The van der Waals surface area contributed by atoms with Crippen LogP contribution in [0.2, 0.25) is 0 Å². The zero-order valence-electron chi connectivity index (χ0n) is 22.7. The van der Waals surface area contributed by atoms with E-state index in [1.54, 1.807) is 38.7 Å². The number of nitrogens with zero attached hydrogens (tertiary/aromatic N) is 3. The summed E-state index contributed by atoms with van der Waals surface area (Å²) in [5, 5.41) is 18.1. The van der Waals surface area contributed by atoms with E-state index in [9.17, 15) is 9.90 Å². The van der Waals surface area contributed by atoms with E-state index in [1.165, 1.54) is 0 Å². The van der Waals surface area contributed by atoms with Crippen molar-refractivity contribution in [2.24, 2.45) is 0 Å². The van der Waals surface area contributed by atoms with Crippen LogP contribution in [-0.4, -0.2) is 47.5 Å². The van der Waals surface area contributed by atoms with E-state index in [0.29, 0.717) is 0 Å². The third-order valence-corrected chi connectivity index (χ3v) is 5.86. The van der Waals surface area contributed by atoms with Crippen molar-refractivity contribution in [3.8, 4) is 0 Å². The molecule has 0 saturated carbocycles. The first-order valence-corrected chi connectivity index (χ1v) is 13.7. The molecule has 2 atom stereocenters. The Morgan fingerprint density at radius 3 is 1.62 bits per heavy atom. The van der Waals surface area contributed by atoms with Gasteiger partial charge < -0.3 is 15.2 Å². The van der Waals surface area contributed by atoms with Crippen molar-refractivity contribution in [2.45, 2.75) is 51.0 Å². The van der Waals surface area contributed by atoms with Gasteiger partial charge in [-0.3, -0.25) is 0 Å². The van der Waals surface area contributed by atoms with Crippen molar-refractivity contribution in [3.05, 3.63) is 120 Å². The Kier molecular flexibility index (Phi) is 10.3. The highest BCUT2D eigenvalue weighted by Gasteiger charge is 2.40. The maximum absolute atomic E-state index is 12.5. The molecule has 3 aromatic carbocycles. The molecule has 1 aromatic heterocycles. The first kappa shape index (κ1) is 30.6. The molecule has 4 aromatic rings. The van der Waals surface area contributed by atoms with Crippen LogP contribution in [0.1, 0.15) is 56.3 Å². The first-order valence-electron chi connectivity index (χ1n) is 12.6. The third kappa shape index (κ3) is 7.58. The third-order valence-electron chi connectivity index (χ3n) is 5.86. The van der Waals surface area contributed by atoms with Crippen LogP contribution in [-0.2, 0) is 14.8 Å². The summed E-state index contributed by atoms with van der Waals surface area (Å²) in [6, 6.07) is 29.4. The Labute approximate surface area is 234 Å². The van der Waals surface area contributed by atoms with Crippen molar-refractivity contribution < 1.29 is 29.0 Å². The number of aliphatic hydroxyl groups is 1. The van der Waals surface area contributed by atoms with Crippen molar-refractivity contribution in [2.75, 3.05) is 0 Å². The van der Waals surface area contributed by atoms with E-state index in [2.05, 4.69) is 46.7 Å². The van der Waals surface area contributed by atoms with Crippen molar-refractivity contribution >= 4 is 14.3 Å². The average molecular weight is 566 g/mol. The second-order valence-corrected chi connectivity index (χ2v) is 10.5. The number of aliphatic hydroxyl groups excluding tert-OH is 1. The van der Waals surface area contributed by atoms with Gasteiger partial charge in [0.05, 0.1) is 6.10 Å². The molecule has 0 aliphatic rings. The van der Waals surface area contributed by atoms with Crippen LogP contribution in [0.25, 0.3) is 0 Å². The summed E-state index contributed by atoms with van der Waals surface area (Å²) in [4.78, 5) is 31.3. The molecule has 1 heterocycles. The normalized spacial score (nSPS) is 12.9. The summed E-state index contributed by atoms with van der Waals surface area (Å²) in [6.07, 6.45) is 0.0484. The van der Waals surface area contributed by atoms with Crippen LogP contribution >= 0.6 is 8.25 Å². The molecule has 40 heavy (non-hydrogen) atoms. The summed E-state index contributed by atoms with van der Waals surface area (Å²) < 4.78 is 15.9. The minimum atomic E-state index is -2.87. The number of hydrogen-bond acceptors (Lipinski definition) is 6. The number of amides is 1. The summed E-state index contributed by atoms with van der Waals surface area (Å²) in [5.41, 5.74) is 1.46. The average Bonchev–Trinajstić information content (AvgIpc) is 3.38. The molecule has 0 aliphatic heterocycles. The molecular weight excluding hydrogens is 531 g/mol. The Hall–Kier alpha value is -3.95. The fourth-order valence-electron chi connectivity index (χ4n) is 4.35. The van der Waals surface area contributed by atoms with Crippen LogP contribution < -0.4 is 5.32 Å². The Bertz CT molecular complexity index is 1280. The first-order chi connectivity index (χ1) is 18.9. The van der Waals surface area contributed by atoms with Gasteiger partial charge in [-0.15, -0.1) is 9.79 Å². The van der Waals surface area contributed by atoms with E-state index < -0.39 is 37.6 Å². The molecule has 4 N–H and O–H groups in total. The van der Waals surface area contributed by atoms with Crippen LogP contribution in [0.3, 0.4) is 0 Å². The maximum atomic E-state index is 12.5. The Morgan fingerprint density at radius 1 is 0.875 bits per heavy atom. The minimum absolute atomic E-state index is 0.281. The van der Waals surface area contributed by atoms with Gasteiger partial charge in [0.1, 0.15) is 23.5 Å². The van der Waals surface area contributed by atoms with E-state index >= 15 is 0 Å². The Morgan fingerprint density at radius 2 is 1.27 bits per heavy atom. The van der Waals surface area contributed by atoms with E-state index in [1.807, 2.05) is 54.6 Å². The standard InChI is InChI=1S/C29H32N4O3.HO3P/c1-21(34)25(31-27(35)36-28(2,3)4)26-30-20-33(32-26)29(22-14-8-5-9-15-22,23-16-10-6-11-17-23)24-18-12-7-13-19-24;1-4(2)3/h5-21,25,34H,1-4H3,(H,31,35);(H-,1,2,3)/p+1. The zero-order valence-corrected chi connectivity index (χ0v) is 23.6. The molecule has 0 fully saturated rings. The molecule has 0 radical (unpaired) electrons. The van der Waals surface area contributed by atoms with Crippen LogP contribution in [0, 0.1) is 0 Å². The Balaban J connectivity index is 0.00000103. The van der Waals surface area contributed by atoms with Gasteiger partial charge in [-0.25, -0.2) is 14.5 Å². The number of rotatable bonds is 7. The minimum Gasteiger partial charge on any atom is -0.444 e. The second kappa shape index (κ2) is 13.4. The lowest BCUT2D eigenvalue weighted by Crippen LogP contribution is -2.40. The molecule has 4 rings (SSSR count). The molecule has 210 valence electrons. The molecule has 0 spiro atoms. The molecule has 0 saturated heterocycles. The molecule has 0 aliphatic carbocycles. The highest BCUT2D eigenvalue weighted by Crippen LogP contribution is 2.40. The molecule has 11 heteroatoms. The lowest BCUT2D eigenvalue weighted by Gasteiger charge is -2.36. The van der Waals surface area contributed by atoms with Gasteiger partial charge >= 0.3 is 14.3 Å². The van der Waals surface area contributed by atoms with Gasteiger partial charge in [-0.1, -0.05) is 91.0 Å². The van der Waals surface area contributed by atoms with E-state index in [4.69, 9.17) is 24.2 Å². The number of hydrogen-bond donors (Lipinski definition) is 4. The summed E-state index contributed by atoms with van der Waals surface area (Å²) >= 11 is 0. The van der Waals surface area contributed by atoms with E-state index in [-0.39, 0.29) is 5.82 Å². The largest absolute Gasteiger partial charge is 0.692 e. The van der Waals surface area contributed by atoms with Crippen molar-refractivity contribution in [1.29, 1.82) is 0 Å². The predicted molar refractivity (Wildman–Crippen MR) is 150 cm³/mol.